The second-order valence-corrected chi connectivity index (χ2v) is 7.04. The summed E-state index contributed by atoms with van der Waals surface area (Å²) in [6.45, 7) is 5.71. The van der Waals surface area contributed by atoms with Crippen LogP contribution in [0, 0.1) is 0 Å². The summed E-state index contributed by atoms with van der Waals surface area (Å²) in [5, 5.41) is 0. The molecule has 0 N–H and O–H groups in total. The summed E-state index contributed by atoms with van der Waals surface area (Å²) in [6, 6.07) is 0. The SMILES string of the molecule is C=CCC(=O)OC(=O)CCCCCCCCCCCCCCCCC.[LiH]. The molecule has 0 saturated heterocycles. The first-order valence-electron chi connectivity index (χ1n) is 10.5. The minimum absolute atomic E-state index is 0. The van der Waals surface area contributed by atoms with Crippen LogP contribution >= 0.6 is 0 Å². The Morgan fingerprint density at radius 1 is 0.692 bits per heavy atom. The number of esters is 2. The van der Waals surface area contributed by atoms with Gasteiger partial charge in [-0.25, -0.2) is 0 Å². The van der Waals surface area contributed by atoms with Crippen LogP contribution in [-0.2, 0) is 14.3 Å². The number of carbonyl (C=O) groups is 2. The molecule has 0 amide bonds. The third-order valence-electron chi connectivity index (χ3n) is 4.52. The monoisotopic (exact) mass is 360 g/mol. The molecule has 0 saturated carbocycles. The van der Waals surface area contributed by atoms with Crippen LogP contribution in [0.3, 0.4) is 0 Å². The molecule has 0 aliphatic carbocycles. The van der Waals surface area contributed by atoms with Crippen LogP contribution in [0.1, 0.15) is 116 Å². The molecule has 0 aromatic heterocycles. The summed E-state index contributed by atoms with van der Waals surface area (Å²) < 4.78 is 4.66. The first-order chi connectivity index (χ1) is 12.2. The summed E-state index contributed by atoms with van der Waals surface area (Å²) in [5.41, 5.74) is 0. The van der Waals surface area contributed by atoms with Crippen LogP contribution in [-0.4, -0.2) is 30.8 Å². The molecule has 26 heavy (non-hydrogen) atoms. The zero-order valence-corrected chi connectivity index (χ0v) is 16.5. The van der Waals surface area contributed by atoms with Gasteiger partial charge in [-0.15, -0.1) is 6.58 Å². The third-order valence-corrected chi connectivity index (χ3v) is 4.52. The van der Waals surface area contributed by atoms with Gasteiger partial charge in [0.15, 0.2) is 0 Å². The Balaban J connectivity index is 0. The van der Waals surface area contributed by atoms with Crippen LogP contribution in [0.5, 0.6) is 0 Å². The molecule has 0 spiro atoms. The number of unbranched alkanes of at least 4 members (excludes halogenated alkanes) is 14. The zero-order chi connectivity index (χ0) is 18.6. The standard InChI is InChI=1S/C22H40O3.Li.H/c1-3-5-6-7-8-9-10-11-12-13-14-15-16-17-18-20-22(24)25-21(23)19-4-2;;/h4H,2-3,5-20H2,1H3;;. The molecule has 0 aromatic carbocycles. The second kappa shape index (κ2) is 22.5. The molecule has 0 fully saturated rings. The maximum atomic E-state index is 11.4. The summed E-state index contributed by atoms with van der Waals surface area (Å²) in [6.07, 6.45) is 21.4. The van der Waals surface area contributed by atoms with Gasteiger partial charge >= 0.3 is 30.8 Å². The summed E-state index contributed by atoms with van der Waals surface area (Å²) >= 11 is 0. The Hall–Kier alpha value is -0.523. The molecule has 0 unspecified atom stereocenters. The van der Waals surface area contributed by atoms with Gasteiger partial charge in [-0.1, -0.05) is 103 Å². The molecule has 0 bridgehead atoms. The van der Waals surface area contributed by atoms with Gasteiger partial charge in [0, 0.05) is 6.42 Å². The van der Waals surface area contributed by atoms with Crippen LogP contribution < -0.4 is 0 Å². The predicted octanol–water partition coefficient (Wildman–Crippen LogP) is 6.25. The van der Waals surface area contributed by atoms with Gasteiger partial charge in [-0.05, 0) is 6.42 Å². The van der Waals surface area contributed by atoms with Crippen molar-refractivity contribution in [2.45, 2.75) is 116 Å². The van der Waals surface area contributed by atoms with Crippen molar-refractivity contribution in [3.05, 3.63) is 12.7 Å². The molecule has 148 valence electrons. The van der Waals surface area contributed by atoms with Crippen molar-refractivity contribution in [2.24, 2.45) is 0 Å². The Morgan fingerprint density at radius 3 is 1.46 bits per heavy atom. The second-order valence-electron chi connectivity index (χ2n) is 7.04. The van der Waals surface area contributed by atoms with Gasteiger partial charge in [-0.2, -0.15) is 0 Å². The van der Waals surface area contributed by atoms with Gasteiger partial charge in [-0.3, -0.25) is 9.59 Å². The van der Waals surface area contributed by atoms with Gasteiger partial charge in [0.2, 0.25) is 0 Å². The molecule has 0 aliphatic rings. The number of rotatable bonds is 18. The van der Waals surface area contributed by atoms with Crippen molar-refractivity contribution >= 4 is 30.8 Å². The average molecular weight is 361 g/mol. The molecule has 3 nitrogen and oxygen atoms in total. The predicted molar refractivity (Wildman–Crippen MR) is 113 cm³/mol. The number of carbonyl (C=O) groups excluding carboxylic acids is 2. The number of hydrogen-bond acceptors (Lipinski definition) is 3. The Morgan fingerprint density at radius 2 is 1.08 bits per heavy atom. The van der Waals surface area contributed by atoms with Crippen molar-refractivity contribution in [3.8, 4) is 0 Å². The van der Waals surface area contributed by atoms with Crippen molar-refractivity contribution in [2.75, 3.05) is 0 Å². The van der Waals surface area contributed by atoms with Gasteiger partial charge < -0.3 is 4.74 Å². The van der Waals surface area contributed by atoms with E-state index in [1.165, 1.54) is 89.5 Å². The van der Waals surface area contributed by atoms with E-state index in [9.17, 15) is 9.59 Å². The summed E-state index contributed by atoms with van der Waals surface area (Å²) in [5.74, 6) is -0.900. The number of ether oxygens (including phenoxy) is 1. The van der Waals surface area contributed by atoms with Crippen LogP contribution in [0.15, 0.2) is 12.7 Å². The van der Waals surface area contributed by atoms with E-state index in [2.05, 4.69) is 18.2 Å². The van der Waals surface area contributed by atoms with Gasteiger partial charge in [0.25, 0.3) is 0 Å². The topological polar surface area (TPSA) is 43.4 Å². The van der Waals surface area contributed by atoms with Crippen LogP contribution in [0.25, 0.3) is 0 Å². The molecule has 4 heteroatoms. The third kappa shape index (κ3) is 21.5. The summed E-state index contributed by atoms with van der Waals surface area (Å²) in [4.78, 5) is 22.5. The molecule has 0 radical (unpaired) electrons. The van der Waals surface area contributed by atoms with Crippen molar-refractivity contribution < 1.29 is 14.3 Å². The molecular formula is C22H41LiO3. The van der Waals surface area contributed by atoms with E-state index in [0.29, 0.717) is 6.42 Å². The van der Waals surface area contributed by atoms with E-state index >= 15 is 0 Å². The average Bonchev–Trinajstić information content (AvgIpc) is 2.58. The van der Waals surface area contributed by atoms with Crippen LogP contribution in [0.2, 0.25) is 0 Å². The van der Waals surface area contributed by atoms with Crippen molar-refractivity contribution in [1.82, 2.24) is 0 Å². The molecular weight excluding hydrogens is 319 g/mol. The van der Waals surface area contributed by atoms with E-state index in [4.69, 9.17) is 0 Å². The fraction of sp³-hybridized carbons (Fsp3) is 0.818. The van der Waals surface area contributed by atoms with Crippen LogP contribution in [0.4, 0.5) is 0 Å². The zero-order valence-electron chi connectivity index (χ0n) is 16.5. The van der Waals surface area contributed by atoms with E-state index in [1.807, 2.05) is 0 Å². The maximum absolute atomic E-state index is 11.4. The first kappa shape index (κ1) is 27.7. The molecule has 0 aliphatic heterocycles. The van der Waals surface area contributed by atoms with E-state index in [-0.39, 0.29) is 25.3 Å². The van der Waals surface area contributed by atoms with Crippen molar-refractivity contribution in [3.63, 3.8) is 0 Å². The minimum atomic E-state index is -0.499. The Bertz CT molecular complexity index is 342. The van der Waals surface area contributed by atoms with E-state index in [0.717, 1.165) is 12.8 Å². The Kier molecular flexibility index (Phi) is 24.0. The normalized spacial score (nSPS) is 10.2. The molecule has 0 aromatic rings. The van der Waals surface area contributed by atoms with E-state index in [1.54, 1.807) is 0 Å². The van der Waals surface area contributed by atoms with Gasteiger partial charge in [0.1, 0.15) is 0 Å². The quantitative estimate of drug-likeness (QED) is 0.0954. The molecule has 0 heterocycles. The molecule has 0 rings (SSSR count). The Labute approximate surface area is 173 Å². The van der Waals surface area contributed by atoms with E-state index < -0.39 is 11.9 Å². The molecule has 0 atom stereocenters. The number of hydrogen-bond donors (Lipinski definition) is 0. The summed E-state index contributed by atoms with van der Waals surface area (Å²) in [7, 11) is 0. The first-order valence-corrected chi connectivity index (χ1v) is 10.5. The van der Waals surface area contributed by atoms with Gasteiger partial charge in [0.05, 0.1) is 6.42 Å². The van der Waals surface area contributed by atoms with Crippen molar-refractivity contribution in [1.29, 1.82) is 0 Å². The fourth-order valence-electron chi connectivity index (χ4n) is 2.98. The fourth-order valence-corrected chi connectivity index (χ4v) is 2.98.